The van der Waals surface area contributed by atoms with Gasteiger partial charge in [-0.25, -0.2) is 0 Å². The van der Waals surface area contributed by atoms with Crippen LogP contribution in [0.1, 0.15) is 36.8 Å². The number of nitrogens with zero attached hydrogens (tertiary/aromatic N) is 2. The molecular weight excluding hydrogens is 246 g/mol. The molecule has 0 spiro atoms. The van der Waals surface area contributed by atoms with E-state index in [0.29, 0.717) is 0 Å². The molecule has 0 bridgehead atoms. The fraction of sp³-hybridized carbons (Fsp3) is 0.588. The van der Waals surface area contributed by atoms with Crippen LogP contribution in [0.4, 0.5) is 0 Å². The predicted octanol–water partition coefficient (Wildman–Crippen LogP) is 2.52. The van der Waals surface area contributed by atoms with Gasteiger partial charge in [-0.2, -0.15) is 5.26 Å². The van der Waals surface area contributed by atoms with Gasteiger partial charge >= 0.3 is 0 Å². The molecule has 0 amide bonds. The quantitative estimate of drug-likeness (QED) is 0.892. The van der Waals surface area contributed by atoms with Gasteiger partial charge in [0.25, 0.3) is 0 Å². The second-order valence-electron chi connectivity index (χ2n) is 6.21. The Labute approximate surface area is 121 Å². The maximum atomic E-state index is 8.81. The summed E-state index contributed by atoms with van der Waals surface area (Å²) in [6.07, 6.45) is 5.40. The molecule has 0 atom stereocenters. The van der Waals surface area contributed by atoms with Gasteiger partial charge in [0, 0.05) is 12.6 Å². The van der Waals surface area contributed by atoms with Gasteiger partial charge in [0.15, 0.2) is 0 Å². The zero-order valence-corrected chi connectivity index (χ0v) is 12.0. The minimum atomic E-state index is 0.729. The van der Waals surface area contributed by atoms with Crippen LogP contribution >= 0.6 is 0 Å². The van der Waals surface area contributed by atoms with Gasteiger partial charge in [0.2, 0.25) is 0 Å². The summed E-state index contributed by atoms with van der Waals surface area (Å²) in [6, 6.07) is 10.9. The van der Waals surface area contributed by atoms with E-state index in [1.807, 2.05) is 12.1 Å². The van der Waals surface area contributed by atoms with Crippen LogP contribution in [0.25, 0.3) is 0 Å². The van der Waals surface area contributed by atoms with E-state index in [-0.39, 0.29) is 0 Å². The number of hydrogen-bond donors (Lipinski definition) is 1. The Morgan fingerprint density at radius 1 is 1.10 bits per heavy atom. The van der Waals surface area contributed by atoms with Crippen LogP contribution in [0, 0.1) is 17.2 Å². The molecule has 1 heterocycles. The Kier molecular flexibility index (Phi) is 4.34. The largest absolute Gasteiger partial charge is 0.314 e. The van der Waals surface area contributed by atoms with Gasteiger partial charge in [0.05, 0.1) is 11.6 Å². The first-order valence-electron chi connectivity index (χ1n) is 7.78. The average molecular weight is 269 g/mol. The van der Waals surface area contributed by atoms with Crippen molar-refractivity contribution in [2.75, 3.05) is 19.6 Å². The van der Waals surface area contributed by atoms with Gasteiger partial charge in [-0.15, -0.1) is 0 Å². The molecule has 1 aromatic carbocycles. The fourth-order valence-electron chi connectivity index (χ4n) is 2.89. The smallest absolute Gasteiger partial charge is 0.0991 e. The maximum Gasteiger partial charge on any atom is 0.0991 e. The molecule has 1 saturated heterocycles. The standard InChI is InChI=1S/C17H23N3/c18-11-14-1-5-16(6-2-14)13-20-9-7-17(8-10-20)19-12-15-3-4-15/h1-2,5-6,15,17,19H,3-4,7-10,12-13H2. The van der Waals surface area contributed by atoms with E-state index < -0.39 is 0 Å². The third-order valence-electron chi connectivity index (χ3n) is 4.47. The molecular formula is C17H23N3. The molecule has 106 valence electrons. The number of likely N-dealkylation sites (tertiary alicyclic amines) is 1. The van der Waals surface area contributed by atoms with Gasteiger partial charge in [-0.3, -0.25) is 4.90 Å². The Balaban J connectivity index is 1.41. The Morgan fingerprint density at radius 3 is 2.40 bits per heavy atom. The molecule has 2 aliphatic rings. The fourth-order valence-corrected chi connectivity index (χ4v) is 2.89. The number of nitrogens with one attached hydrogen (secondary N) is 1. The van der Waals surface area contributed by atoms with Crippen LogP contribution in [-0.4, -0.2) is 30.6 Å². The Morgan fingerprint density at radius 2 is 1.80 bits per heavy atom. The van der Waals surface area contributed by atoms with Crippen molar-refractivity contribution >= 4 is 0 Å². The summed E-state index contributed by atoms with van der Waals surface area (Å²) >= 11 is 0. The highest BCUT2D eigenvalue weighted by atomic mass is 15.1. The summed E-state index contributed by atoms with van der Waals surface area (Å²) in [6.45, 7) is 4.62. The van der Waals surface area contributed by atoms with Crippen molar-refractivity contribution in [3.05, 3.63) is 35.4 Å². The highest BCUT2D eigenvalue weighted by Crippen LogP contribution is 2.28. The van der Waals surface area contributed by atoms with Crippen molar-refractivity contribution in [1.82, 2.24) is 10.2 Å². The SMILES string of the molecule is N#Cc1ccc(CN2CCC(NCC3CC3)CC2)cc1. The summed E-state index contributed by atoms with van der Waals surface area (Å²) in [4.78, 5) is 2.52. The molecule has 1 aliphatic heterocycles. The third-order valence-corrected chi connectivity index (χ3v) is 4.47. The van der Waals surface area contributed by atoms with Gasteiger partial charge in [-0.05, 0) is 68.9 Å². The topological polar surface area (TPSA) is 39.1 Å². The van der Waals surface area contributed by atoms with E-state index in [0.717, 1.165) is 24.1 Å². The first kappa shape index (κ1) is 13.6. The average Bonchev–Trinajstić information content (AvgIpc) is 3.32. The summed E-state index contributed by atoms with van der Waals surface area (Å²) in [5.41, 5.74) is 2.06. The number of rotatable bonds is 5. The zero-order valence-electron chi connectivity index (χ0n) is 12.0. The van der Waals surface area contributed by atoms with Gasteiger partial charge < -0.3 is 5.32 Å². The molecule has 0 unspecified atom stereocenters. The molecule has 3 rings (SSSR count). The Hall–Kier alpha value is -1.37. The van der Waals surface area contributed by atoms with E-state index in [9.17, 15) is 0 Å². The molecule has 0 aromatic heterocycles. The van der Waals surface area contributed by atoms with Crippen molar-refractivity contribution in [3.8, 4) is 6.07 Å². The van der Waals surface area contributed by atoms with E-state index in [1.165, 1.54) is 50.9 Å². The second kappa shape index (κ2) is 6.39. The highest BCUT2D eigenvalue weighted by molar-refractivity contribution is 5.31. The molecule has 1 aliphatic carbocycles. The maximum absolute atomic E-state index is 8.81. The minimum Gasteiger partial charge on any atom is -0.314 e. The van der Waals surface area contributed by atoms with E-state index in [2.05, 4.69) is 28.4 Å². The van der Waals surface area contributed by atoms with Crippen LogP contribution in [0.5, 0.6) is 0 Å². The van der Waals surface area contributed by atoms with Crippen LogP contribution in [0.2, 0.25) is 0 Å². The van der Waals surface area contributed by atoms with E-state index in [1.54, 1.807) is 0 Å². The molecule has 1 saturated carbocycles. The first-order chi connectivity index (χ1) is 9.83. The third kappa shape index (κ3) is 3.82. The summed E-state index contributed by atoms with van der Waals surface area (Å²) in [7, 11) is 0. The lowest BCUT2D eigenvalue weighted by Gasteiger charge is -2.32. The predicted molar refractivity (Wildman–Crippen MR) is 80.2 cm³/mol. The van der Waals surface area contributed by atoms with E-state index in [4.69, 9.17) is 5.26 Å². The molecule has 2 fully saturated rings. The van der Waals surface area contributed by atoms with Gasteiger partial charge in [-0.1, -0.05) is 12.1 Å². The van der Waals surface area contributed by atoms with Crippen molar-refractivity contribution in [3.63, 3.8) is 0 Å². The van der Waals surface area contributed by atoms with Crippen molar-refractivity contribution in [1.29, 1.82) is 5.26 Å². The highest BCUT2D eigenvalue weighted by Gasteiger charge is 2.24. The van der Waals surface area contributed by atoms with Crippen LogP contribution in [0.15, 0.2) is 24.3 Å². The van der Waals surface area contributed by atoms with Crippen molar-refractivity contribution in [2.24, 2.45) is 5.92 Å². The van der Waals surface area contributed by atoms with Crippen molar-refractivity contribution in [2.45, 2.75) is 38.3 Å². The summed E-state index contributed by atoms with van der Waals surface area (Å²) in [5.74, 6) is 0.978. The summed E-state index contributed by atoms with van der Waals surface area (Å²) < 4.78 is 0. The number of hydrogen-bond acceptors (Lipinski definition) is 3. The Bertz CT molecular complexity index is 462. The van der Waals surface area contributed by atoms with Crippen LogP contribution in [-0.2, 0) is 6.54 Å². The summed E-state index contributed by atoms with van der Waals surface area (Å²) in [5, 5.41) is 12.5. The molecule has 1 N–H and O–H groups in total. The lowest BCUT2D eigenvalue weighted by molar-refractivity contribution is 0.190. The van der Waals surface area contributed by atoms with Crippen LogP contribution in [0.3, 0.4) is 0 Å². The molecule has 3 nitrogen and oxygen atoms in total. The zero-order chi connectivity index (χ0) is 13.8. The lowest BCUT2D eigenvalue weighted by Crippen LogP contribution is -2.42. The van der Waals surface area contributed by atoms with E-state index >= 15 is 0 Å². The number of piperidine rings is 1. The second-order valence-corrected chi connectivity index (χ2v) is 6.21. The van der Waals surface area contributed by atoms with Gasteiger partial charge in [0.1, 0.15) is 0 Å². The van der Waals surface area contributed by atoms with Crippen LogP contribution < -0.4 is 5.32 Å². The van der Waals surface area contributed by atoms with Crippen molar-refractivity contribution < 1.29 is 0 Å². The first-order valence-corrected chi connectivity index (χ1v) is 7.78. The normalized spacial score (nSPS) is 20.8. The molecule has 0 radical (unpaired) electrons. The molecule has 3 heteroatoms. The minimum absolute atomic E-state index is 0.729. The number of benzene rings is 1. The molecule has 20 heavy (non-hydrogen) atoms. The monoisotopic (exact) mass is 269 g/mol. The lowest BCUT2D eigenvalue weighted by atomic mass is 10.0. The molecule has 1 aromatic rings. The number of nitriles is 1.